The number of hydrogen-bond donors (Lipinski definition) is 3. The summed E-state index contributed by atoms with van der Waals surface area (Å²) in [4.78, 5) is 10.9. The van der Waals surface area contributed by atoms with Gasteiger partial charge >= 0.3 is 5.97 Å². The molecule has 0 spiro atoms. The molecule has 6 nitrogen and oxygen atoms in total. The van der Waals surface area contributed by atoms with E-state index in [9.17, 15) is 4.79 Å². The predicted molar refractivity (Wildman–Crippen MR) is 45.7 cm³/mol. The molecule has 14 heavy (non-hydrogen) atoms. The Balaban J connectivity index is 2.89. The Labute approximate surface area is 82.8 Å². The average Bonchev–Trinajstić information content (AvgIpc) is 2.16. The molecule has 0 heterocycles. The van der Waals surface area contributed by atoms with Crippen LogP contribution in [0.5, 0.6) is 5.75 Å². The van der Waals surface area contributed by atoms with Crippen LogP contribution in [0.25, 0.3) is 0 Å². The Hall–Kier alpha value is -1.28. The van der Waals surface area contributed by atoms with Crippen molar-refractivity contribution in [3.8, 4) is 5.75 Å². The average molecular weight is 218 g/mol. The number of carboxylic acids is 1. The number of phenols is 1. The highest BCUT2D eigenvalue weighted by molar-refractivity contribution is 7.94. The predicted octanol–water partition coefficient (Wildman–Crippen LogP) is 1.52. The van der Waals surface area contributed by atoms with E-state index in [2.05, 4.69) is 9.37 Å². The largest absolute Gasteiger partial charge is 0.507 e. The molecule has 3 N–H and O–H groups in total. The third-order valence-corrected chi connectivity index (χ3v) is 1.93. The topological polar surface area (TPSA) is 96.2 Å². The van der Waals surface area contributed by atoms with Crippen LogP contribution in [0.2, 0.25) is 0 Å². The smallest absolute Gasteiger partial charge is 0.339 e. The number of rotatable bonds is 4. The normalized spacial score (nSPS) is 10.1. The monoisotopic (exact) mass is 218 g/mol. The molecular weight excluding hydrogens is 212 g/mol. The van der Waals surface area contributed by atoms with E-state index in [4.69, 9.17) is 15.5 Å². The van der Waals surface area contributed by atoms with E-state index >= 15 is 0 Å². The summed E-state index contributed by atoms with van der Waals surface area (Å²) < 4.78 is 4.09. The summed E-state index contributed by atoms with van der Waals surface area (Å²) in [6.45, 7) is 0. The van der Waals surface area contributed by atoms with Crippen molar-refractivity contribution in [3.05, 3.63) is 23.8 Å². The maximum Gasteiger partial charge on any atom is 0.339 e. The van der Waals surface area contributed by atoms with Crippen molar-refractivity contribution >= 4 is 18.0 Å². The van der Waals surface area contributed by atoms with Crippen molar-refractivity contribution in [2.45, 2.75) is 4.90 Å². The third kappa shape index (κ3) is 2.60. The minimum absolute atomic E-state index is 0.253. The Bertz CT molecular complexity index is 339. The maximum absolute atomic E-state index is 10.6. The van der Waals surface area contributed by atoms with Gasteiger partial charge in [-0.3, -0.25) is 0 Å². The fraction of sp³-hybridized carbons (Fsp3) is 0. The molecule has 0 aromatic heterocycles. The van der Waals surface area contributed by atoms with E-state index in [1.807, 2.05) is 0 Å². The fourth-order valence-corrected chi connectivity index (χ4v) is 1.19. The molecule has 1 rings (SSSR count). The number of carboxylic acid groups (broad SMARTS) is 1. The lowest BCUT2D eigenvalue weighted by Gasteiger charge is -2.01. The van der Waals surface area contributed by atoms with Gasteiger partial charge < -0.3 is 10.2 Å². The van der Waals surface area contributed by atoms with Gasteiger partial charge in [0.25, 0.3) is 0 Å². The van der Waals surface area contributed by atoms with Gasteiger partial charge in [0.15, 0.2) is 0 Å². The van der Waals surface area contributed by atoms with Crippen LogP contribution in [-0.4, -0.2) is 21.4 Å². The second-order valence-electron chi connectivity index (χ2n) is 2.21. The zero-order valence-electron chi connectivity index (χ0n) is 6.71. The third-order valence-electron chi connectivity index (χ3n) is 1.36. The molecule has 0 radical (unpaired) electrons. The van der Waals surface area contributed by atoms with E-state index in [0.717, 1.165) is 0 Å². The molecule has 0 aliphatic carbocycles. The first-order chi connectivity index (χ1) is 6.65. The molecule has 0 saturated heterocycles. The highest BCUT2D eigenvalue weighted by atomic mass is 32.2. The minimum Gasteiger partial charge on any atom is -0.507 e. The Kier molecular flexibility index (Phi) is 3.72. The Morgan fingerprint density at radius 3 is 2.71 bits per heavy atom. The van der Waals surface area contributed by atoms with Crippen LogP contribution in [0.15, 0.2) is 23.1 Å². The van der Waals surface area contributed by atoms with Crippen LogP contribution in [0.1, 0.15) is 10.4 Å². The molecule has 1 aromatic carbocycles. The van der Waals surface area contributed by atoms with E-state index in [0.29, 0.717) is 16.9 Å². The van der Waals surface area contributed by atoms with Crippen LogP contribution < -0.4 is 0 Å². The molecule has 7 heteroatoms. The van der Waals surface area contributed by atoms with E-state index in [1.165, 1.54) is 18.2 Å². The lowest BCUT2D eigenvalue weighted by Crippen LogP contribution is -1.96. The second-order valence-corrected chi connectivity index (χ2v) is 2.98. The zero-order valence-corrected chi connectivity index (χ0v) is 7.52. The van der Waals surface area contributed by atoms with Crippen molar-refractivity contribution in [2.75, 3.05) is 0 Å². The molecule has 0 aliphatic rings. The van der Waals surface area contributed by atoms with Crippen molar-refractivity contribution < 1.29 is 29.6 Å². The van der Waals surface area contributed by atoms with E-state index in [-0.39, 0.29) is 11.3 Å². The summed E-state index contributed by atoms with van der Waals surface area (Å²) in [7, 11) is 0. The van der Waals surface area contributed by atoms with Crippen molar-refractivity contribution in [1.29, 1.82) is 0 Å². The molecule has 0 unspecified atom stereocenters. The van der Waals surface area contributed by atoms with Gasteiger partial charge in [0.1, 0.15) is 11.3 Å². The summed E-state index contributed by atoms with van der Waals surface area (Å²) >= 11 is 0.614. The van der Waals surface area contributed by atoms with E-state index < -0.39 is 5.97 Å². The Morgan fingerprint density at radius 1 is 1.43 bits per heavy atom. The van der Waals surface area contributed by atoms with Crippen molar-refractivity contribution in [1.82, 2.24) is 0 Å². The van der Waals surface area contributed by atoms with Gasteiger partial charge in [0.05, 0.1) is 12.0 Å². The molecular formula is C7H6O6S. The molecule has 0 saturated carbocycles. The van der Waals surface area contributed by atoms with Crippen LogP contribution >= 0.6 is 12.0 Å². The highest BCUT2D eigenvalue weighted by Gasteiger charge is 2.10. The highest BCUT2D eigenvalue weighted by Crippen LogP contribution is 2.25. The van der Waals surface area contributed by atoms with Gasteiger partial charge in [0, 0.05) is 4.90 Å². The summed E-state index contributed by atoms with van der Waals surface area (Å²) in [6.07, 6.45) is 0. The first-order valence-corrected chi connectivity index (χ1v) is 4.10. The van der Waals surface area contributed by atoms with Gasteiger partial charge in [-0.15, -0.1) is 4.33 Å². The second kappa shape index (κ2) is 4.82. The van der Waals surface area contributed by atoms with Gasteiger partial charge in [0.2, 0.25) is 0 Å². The van der Waals surface area contributed by atoms with Crippen LogP contribution in [0, 0.1) is 0 Å². The molecule has 0 atom stereocenters. The molecule has 1 aromatic rings. The molecule has 76 valence electrons. The summed E-state index contributed by atoms with van der Waals surface area (Å²) in [5.41, 5.74) is -0.253. The van der Waals surface area contributed by atoms with Gasteiger partial charge in [-0.05, 0) is 18.2 Å². The molecule has 0 aliphatic heterocycles. The van der Waals surface area contributed by atoms with Crippen LogP contribution in [0.4, 0.5) is 0 Å². The van der Waals surface area contributed by atoms with Gasteiger partial charge in [-0.2, -0.15) is 0 Å². The minimum atomic E-state index is -1.25. The standard InChI is InChI=1S/C7H6O6S/c8-6-2-1-4(14-13-12-11)3-5(6)7(9)10/h1-3,8,11H,(H,9,10). The SMILES string of the molecule is O=C(O)c1cc(SOOO)ccc1O. The van der Waals surface area contributed by atoms with E-state index in [1.54, 1.807) is 0 Å². The summed E-state index contributed by atoms with van der Waals surface area (Å²) in [5.74, 6) is -1.60. The summed E-state index contributed by atoms with van der Waals surface area (Å²) in [6, 6.07) is 3.79. The maximum atomic E-state index is 10.6. The lowest BCUT2D eigenvalue weighted by molar-refractivity contribution is -0.432. The Morgan fingerprint density at radius 2 is 2.14 bits per heavy atom. The van der Waals surface area contributed by atoms with Crippen LogP contribution in [0.3, 0.4) is 0 Å². The molecule has 0 amide bonds. The first-order valence-electron chi connectivity index (χ1n) is 3.36. The lowest BCUT2D eigenvalue weighted by atomic mass is 10.2. The molecule has 0 bridgehead atoms. The zero-order chi connectivity index (χ0) is 10.6. The summed E-state index contributed by atoms with van der Waals surface area (Å²) in [5, 5.41) is 28.9. The van der Waals surface area contributed by atoms with Gasteiger partial charge in [-0.25, -0.2) is 10.1 Å². The number of benzene rings is 1. The van der Waals surface area contributed by atoms with Crippen molar-refractivity contribution in [2.24, 2.45) is 0 Å². The number of aromatic hydroxyl groups is 1. The quantitative estimate of drug-likeness (QED) is 0.400. The number of aromatic carboxylic acids is 1. The number of hydrogen-bond acceptors (Lipinski definition) is 6. The number of carbonyl (C=O) groups is 1. The van der Waals surface area contributed by atoms with Gasteiger partial charge in [-0.1, -0.05) is 5.04 Å². The fourth-order valence-electron chi connectivity index (χ4n) is 0.793. The first kappa shape index (κ1) is 10.8. The molecule has 0 fully saturated rings. The van der Waals surface area contributed by atoms with Crippen molar-refractivity contribution in [3.63, 3.8) is 0 Å². The van der Waals surface area contributed by atoms with Crippen LogP contribution in [-0.2, 0) is 9.37 Å².